The van der Waals surface area contributed by atoms with Gasteiger partial charge in [0, 0.05) is 39.1 Å². The highest BCUT2D eigenvalue weighted by Gasteiger charge is 2.30. The van der Waals surface area contributed by atoms with E-state index in [0.29, 0.717) is 6.54 Å². The van der Waals surface area contributed by atoms with Crippen molar-refractivity contribution >= 4 is 5.91 Å². The maximum Gasteiger partial charge on any atom is 0.249 e. The summed E-state index contributed by atoms with van der Waals surface area (Å²) in [4.78, 5) is 18.9. The molecule has 1 N–H and O–H groups in total. The molecule has 0 radical (unpaired) electrons. The zero-order valence-electron chi connectivity index (χ0n) is 13.3. The quantitative estimate of drug-likeness (QED) is 0.909. The lowest BCUT2D eigenvalue weighted by molar-refractivity contribution is -0.142. The molecule has 122 valence electrons. The lowest BCUT2D eigenvalue weighted by Crippen LogP contribution is -2.50. The molecule has 1 amide bonds. The second-order valence-electron chi connectivity index (χ2n) is 6.27. The molecule has 1 aliphatic carbocycles. The van der Waals surface area contributed by atoms with E-state index in [0.717, 1.165) is 31.8 Å². The topological polar surface area (TPSA) is 59.4 Å². The van der Waals surface area contributed by atoms with Crippen molar-refractivity contribution in [3.63, 3.8) is 0 Å². The molecule has 1 saturated carbocycles. The predicted molar refractivity (Wildman–Crippen MR) is 83.4 cm³/mol. The molecule has 2 heterocycles. The summed E-state index contributed by atoms with van der Waals surface area (Å²) in [7, 11) is 1.97. The van der Waals surface area contributed by atoms with Gasteiger partial charge in [0.15, 0.2) is 0 Å². The number of aryl methyl sites for hydroxylation is 1. The number of rotatable bonds is 4. The summed E-state index contributed by atoms with van der Waals surface area (Å²) in [5.74, 6) is 1.01. The van der Waals surface area contributed by atoms with E-state index >= 15 is 0 Å². The van der Waals surface area contributed by atoms with Crippen molar-refractivity contribution in [2.45, 2.75) is 44.2 Å². The van der Waals surface area contributed by atoms with E-state index in [2.05, 4.69) is 10.3 Å². The maximum atomic E-state index is 12.6. The number of imidazole rings is 1. The Balaban J connectivity index is 1.60. The van der Waals surface area contributed by atoms with E-state index < -0.39 is 0 Å². The average Bonchev–Trinajstić information content (AvgIpc) is 2.99. The number of hydrogen-bond acceptors (Lipinski definition) is 4. The monoisotopic (exact) mass is 306 g/mol. The second kappa shape index (κ2) is 7.24. The number of aromatic nitrogens is 2. The third-order valence-corrected chi connectivity index (χ3v) is 4.71. The SMILES string of the molecule is Cn1ccnc1C1CNCCN1C(=O)COC1CCCCC1. The van der Waals surface area contributed by atoms with E-state index in [-0.39, 0.29) is 24.7 Å². The minimum absolute atomic E-state index is 0.00351. The van der Waals surface area contributed by atoms with Gasteiger partial charge in [0.1, 0.15) is 18.5 Å². The minimum atomic E-state index is -0.00351. The van der Waals surface area contributed by atoms with Crippen LogP contribution in [0.5, 0.6) is 0 Å². The van der Waals surface area contributed by atoms with Crippen LogP contribution in [0.2, 0.25) is 0 Å². The molecule has 2 aliphatic rings. The Bertz CT molecular complexity index is 496. The molecular weight excluding hydrogens is 280 g/mol. The summed E-state index contributed by atoms with van der Waals surface area (Å²) < 4.78 is 7.84. The molecule has 0 spiro atoms. The lowest BCUT2D eigenvalue weighted by Gasteiger charge is -2.36. The Morgan fingerprint density at radius 2 is 2.23 bits per heavy atom. The number of piperazine rings is 1. The van der Waals surface area contributed by atoms with Crippen LogP contribution in [-0.4, -0.2) is 52.7 Å². The molecule has 1 unspecified atom stereocenters. The Labute approximate surface area is 131 Å². The molecule has 1 aromatic heterocycles. The number of amides is 1. The Morgan fingerprint density at radius 1 is 1.41 bits per heavy atom. The standard InChI is InChI=1S/C16H26N4O2/c1-19-9-8-18-16(19)14-11-17-7-10-20(14)15(21)12-22-13-5-3-2-4-6-13/h8-9,13-14,17H,2-7,10-12H2,1H3. The van der Waals surface area contributed by atoms with Gasteiger partial charge in [-0.3, -0.25) is 4.79 Å². The highest BCUT2D eigenvalue weighted by Crippen LogP contribution is 2.23. The summed E-state index contributed by atoms with van der Waals surface area (Å²) in [6, 6.07) is -0.00351. The number of ether oxygens (including phenoxy) is 1. The Morgan fingerprint density at radius 3 is 2.95 bits per heavy atom. The third kappa shape index (κ3) is 3.50. The lowest BCUT2D eigenvalue weighted by atomic mass is 9.98. The first-order chi connectivity index (χ1) is 10.8. The molecule has 6 nitrogen and oxygen atoms in total. The minimum Gasteiger partial charge on any atom is -0.368 e. The van der Waals surface area contributed by atoms with Gasteiger partial charge in [0.2, 0.25) is 5.91 Å². The van der Waals surface area contributed by atoms with Gasteiger partial charge in [-0.25, -0.2) is 4.98 Å². The van der Waals surface area contributed by atoms with E-state index in [1.165, 1.54) is 19.3 Å². The van der Waals surface area contributed by atoms with Gasteiger partial charge in [0.25, 0.3) is 0 Å². The molecule has 2 fully saturated rings. The van der Waals surface area contributed by atoms with Crippen LogP contribution in [0.1, 0.15) is 44.0 Å². The van der Waals surface area contributed by atoms with Gasteiger partial charge < -0.3 is 19.5 Å². The molecule has 6 heteroatoms. The number of nitrogens with zero attached hydrogens (tertiary/aromatic N) is 3. The van der Waals surface area contributed by atoms with Crippen molar-refractivity contribution in [2.24, 2.45) is 7.05 Å². The van der Waals surface area contributed by atoms with Crippen molar-refractivity contribution in [1.29, 1.82) is 0 Å². The van der Waals surface area contributed by atoms with E-state index in [1.807, 2.05) is 22.7 Å². The smallest absolute Gasteiger partial charge is 0.249 e. The molecule has 22 heavy (non-hydrogen) atoms. The fourth-order valence-electron chi connectivity index (χ4n) is 3.44. The van der Waals surface area contributed by atoms with Crippen LogP contribution < -0.4 is 5.32 Å². The number of carbonyl (C=O) groups is 1. The highest BCUT2D eigenvalue weighted by atomic mass is 16.5. The molecule has 1 saturated heterocycles. The zero-order chi connectivity index (χ0) is 15.4. The van der Waals surface area contributed by atoms with Gasteiger partial charge in [-0.05, 0) is 12.8 Å². The van der Waals surface area contributed by atoms with Crippen molar-refractivity contribution in [1.82, 2.24) is 19.8 Å². The largest absolute Gasteiger partial charge is 0.368 e. The van der Waals surface area contributed by atoms with Gasteiger partial charge in [0.05, 0.1) is 6.10 Å². The van der Waals surface area contributed by atoms with Crippen LogP contribution in [-0.2, 0) is 16.6 Å². The first-order valence-electron chi connectivity index (χ1n) is 8.34. The van der Waals surface area contributed by atoms with Gasteiger partial charge in [-0.1, -0.05) is 19.3 Å². The van der Waals surface area contributed by atoms with Gasteiger partial charge in [-0.2, -0.15) is 0 Å². The van der Waals surface area contributed by atoms with Crippen LogP contribution in [0, 0.1) is 0 Å². The molecule has 0 bridgehead atoms. The van der Waals surface area contributed by atoms with Gasteiger partial charge in [-0.15, -0.1) is 0 Å². The van der Waals surface area contributed by atoms with E-state index in [1.54, 1.807) is 6.20 Å². The summed E-state index contributed by atoms with van der Waals surface area (Å²) in [5, 5.41) is 3.35. The summed E-state index contributed by atoms with van der Waals surface area (Å²) in [5.41, 5.74) is 0. The Kier molecular flexibility index (Phi) is 5.10. The fraction of sp³-hybridized carbons (Fsp3) is 0.750. The normalized spacial score (nSPS) is 23.7. The highest BCUT2D eigenvalue weighted by molar-refractivity contribution is 5.78. The summed E-state index contributed by atoms with van der Waals surface area (Å²) >= 11 is 0. The molecule has 3 rings (SSSR count). The van der Waals surface area contributed by atoms with Crippen LogP contribution in [0.15, 0.2) is 12.4 Å². The molecular formula is C16H26N4O2. The molecule has 1 aliphatic heterocycles. The average molecular weight is 306 g/mol. The second-order valence-corrected chi connectivity index (χ2v) is 6.27. The zero-order valence-corrected chi connectivity index (χ0v) is 13.3. The van der Waals surface area contributed by atoms with Crippen molar-refractivity contribution in [3.8, 4) is 0 Å². The summed E-state index contributed by atoms with van der Waals surface area (Å²) in [6.45, 7) is 2.49. The Hall–Kier alpha value is -1.40. The third-order valence-electron chi connectivity index (χ3n) is 4.71. The number of nitrogens with one attached hydrogen (secondary N) is 1. The van der Waals surface area contributed by atoms with E-state index in [4.69, 9.17) is 4.74 Å². The van der Waals surface area contributed by atoms with Crippen molar-refractivity contribution < 1.29 is 9.53 Å². The van der Waals surface area contributed by atoms with Gasteiger partial charge >= 0.3 is 0 Å². The van der Waals surface area contributed by atoms with Crippen molar-refractivity contribution in [2.75, 3.05) is 26.2 Å². The van der Waals surface area contributed by atoms with Crippen molar-refractivity contribution in [3.05, 3.63) is 18.2 Å². The van der Waals surface area contributed by atoms with Crippen LogP contribution in [0.25, 0.3) is 0 Å². The molecule has 1 atom stereocenters. The van der Waals surface area contributed by atoms with Crippen LogP contribution in [0.4, 0.5) is 0 Å². The molecule has 1 aromatic rings. The van der Waals surface area contributed by atoms with Crippen LogP contribution in [0.3, 0.4) is 0 Å². The van der Waals surface area contributed by atoms with Crippen LogP contribution >= 0.6 is 0 Å². The number of hydrogen-bond donors (Lipinski definition) is 1. The van der Waals surface area contributed by atoms with E-state index in [9.17, 15) is 4.79 Å². The maximum absolute atomic E-state index is 12.6. The number of carbonyl (C=O) groups excluding carboxylic acids is 1. The molecule has 0 aromatic carbocycles. The first kappa shape index (κ1) is 15.5. The first-order valence-corrected chi connectivity index (χ1v) is 8.34. The fourth-order valence-corrected chi connectivity index (χ4v) is 3.44. The predicted octanol–water partition coefficient (Wildman–Crippen LogP) is 1.24. The summed E-state index contributed by atoms with van der Waals surface area (Å²) in [6.07, 6.45) is 9.91.